The lowest BCUT2D eigenvalue weighted by Crippen LogP contribution is -2.21. The van der Waals surface area contributed by atoms with Gasteiger partial charge in [-0.05, 0) is 62.2 Å². The zero-order valence-corrected chi connectivity index (χ0v) is 20.7. The molecule has 1 amide bonds. The highest BCUT2D eigenvalue weighted by molar-refractivity contribution is 7.13. The van der Waals surface area contributed by atoms with Gasteiger partial charge in [-0.3, -0.25) is 14.5 Å². The van der Waals surface area contributed by atoms with Gasteiger partial charge in [0.2, 0.25) is 0 Å². The first-order valence-electron chi connectivity index (χ1n) is 11.5. The van der Waals surface area contributed by atoms with Crippen molar-refractivity contribution < 1.29 is 15.0 Å². The number of pyridine rings is 1. The SMILES string of the molecule is CC(C)(O)CCn1cc2cc(NC(=O)c3csc(-c4ccncc4)n3)c(-c3ccc(O)cc3)cc2n1. The number of thiazole rings is 1. The van der Waals surface area contributed by atoms with Crippen LogP contribution in [-0.2, 0) is 6.54 Å². The van der Waals surface area contributed by atoms with Gasteiger partial charge in [0, 0.05) is 52.7 Å². The number of aliphatic hydroxyl groups is 1. The van der Waals surface area contributed by atoms with Crippen LogP contribution in [0.4, 0.5) is 5.69 Å². The second-order valence-corrected chi connectivity index (χ2v) is 10.0. The molecule has 0 saturated carbocycles. The molecule has 3 N–H and O–H groups in total. The molecule has 3 heterocycles. The van der Waals surface area contributed by atoms with Crippen LogP contribution in [0.15, 0.2) is 72.5 Å². The maximum atomic E-state index is 13.2. The largest absolute Gasteiger partial charge is 0.508 e. The van der Waals surface area contributed by atoms with E-state index in [2.05, 4.69) is 20.4 Å². The van der Waals surface area contributed by atoms with E-state index in [1.165, 1.54) is 11.3 Å². The molecule has 0 bridgehead atoms. The third-order valence-corrected chi connectivity index (χ3v) is 6.63. The normalized spacial score (nSPS) is 11.6. The predicted molar refractivity (Wildman–Crippen MR) is 141 cm³/mol. The Morgan fingerprint density at radius 1 is 1.08 bits per heavy atom. The van der Waals surface area contributed by atoms with Crippen molar-refractivity contribution in [3.63, 3.8) is 0 Å². The molecule has 0 aliphatic rings. The first kappa shape index (κ1) is 23.7. The smallest absolute Gasteiger partial charge is 0.275 e. The summed E-state index contributed by atoms with van der Waals surface area (Å²) in [7, 11) is 0. The number of fused-ring (bicyclic) bond motifs is 1. The highest BCUT2D eigenvalue weighted by Crippen LogP contribution is 2.34. The van der Waals surface area contributed by atoms with E-state index in [4.69, 9.17) is 0 Å². The number of phenols is 1. The number of amides is 1. The minimum absolute atomic E-state index is 0.160. The van der Waals surface area contributed by atoms with E-state index in [9.17, 15) is 15.0 Å². The fraction of sp³-hybridized carbons (Fsp3) is 0.185. The average molecular weight is 500 g/mol. The molecular formula is C27H25N5O3S. The maximum Gasteiger partial charge on any atom is 0.275 e. The van der Waals surface area contributed by atoms with E-state index in [1.54, 1.807) is 60.6 Å². The molecule has 8 nitrogen and oxygen atoms in total. The molecule has 36 heavy (non-hydrogen) atoms. The van der Waals surface area contributed by atoms with Gasteiger partial charge in [-0.1, -0.05) is 12.1 Å². The molecule has 5 rings (SSSR count). The Labute approximate surface area is 211 Å². The molecule has 0 spiro atoms. The van der Waals surface area contributed by atoms with Crippen molar-refractivity contribution in [1.29, 1.82) is 0 Å². The Morgan fingerprint density at radius 2 is 1.83 bits per heavy atom. The number of carbonyl (C=O) groups excluding carboxylic acids is 1. The van der Waals surface area contributed by atoms with Crippen LogP contribution in [0.5, 0.6) is 5.75 Å². The summed E-state index contributed by atoms with van der Waals surface area (Å²) in [4.78, 5) is 21.7. The minimum Gasteiger partial charge on any atom is -0.508 e. The van der Waals surface area contributed by atoms with E-state index < -0.39 is 5.60 Å². The van der Waals surface area contributed by atoms with Crippen molar-refractivity contribution in [2.45, 2.75) is 32.4 Å². The van der Waals surface area contributed by atoms with Crippen molar-refractivity contribution >= 4 is 33.8 Å². The van der Waals surface area contributed by atoms with E-state index in [0.717, 1.165) is 32.6 Å². The van der Waals surface area contributed by atoms with Gasteiger partial charge in [-0.15, -0.1) is 11.3 Å². The minimum atomic E-state index is -0.795. The fourth-order valence-corrected chi connectivity index (χ4v) is 4.61. The number of carbonyl (C=O) groups is 1. The maximum absolute atomic E-state index is 13.2. The first-order chi connectivity index (χ1) is 17.2. The van der Waals surface area contributed by atoms with Gasteiger partial charge < -0.3 is 15.5 Å². The van der Waals surface area contributed by atoms with Crippen LogP contribution in [0.1, 0.15) is 30.8 Å². The molecule has 5 aromatic rings. The molecule has 0 unspecified atom stereocenters. The van der Waals surface area contributed by atoms with Crippen LogP contribution in [0.25, 0.3) is 32.6 Å². The zero-order valence-electron chi connectivity index (χ0n) is 19.8. The molecule has 2 aromatic carbocycles. The lowest BCUT2D eigenvalue weighted by molar-refractivity contribution is 0.0651. The number of nitrogens with one attached hydrogen (secondary N) is 1. The summed E-state index contributed by atoms with van der Waals surface area (Å²) >= 11 is 1.40. The quantitative estimate of drug-likeness (QED) is 0.279. The predicted octanol–water partition coefficient (Wildman–Crippen LogP) is 5.34. The Bertz CT molecular complexity index is 1520. The number of aromatic hydroxyl groups is 1. The standard InChI is InChI=1S/C27H25N5O3S/c1-27(2,35)9-12-32-15-19-13-23(21(14-22(19)31-32)17-3-5-20(33)6-4-17)29-25(34)24-16-36-26(30-24)18-7-10-28-11-8-18/h3-8,10-11,13-16,33,35H,9,12H2,1-2H3,(H,29,34). The Balaban J connectivity index is 1.49. The summed E-state index contributed by atoms with van der Waals surface area (Å²) in [6.07, 6.45) is 5.84. The van der Waals surface area contributed by atoms with Crippen LogP contribution in [0.2, 0.25) is 0 Å². The summed E-state index contributed by atoms with van der Waals surface area (Å²) in [5.74, 6) is -0.159. The van der Waals surface area contributed by atoms with Gasteiger partial charge in [-0.25, -0.2) is 4.98 Å². The van der Waals surface area contributed by atoms with Gasteiger partial charge in [0.15, 0.2) is 0 Å². The zero-order chi connectivity index (χ0) is 25.3. The van der Waals surface area contributed by atoms with Crippen molar-refractivity contribution in [2.75, 3.05) is 5.32 Å². The number of anilines is 1. The van der Waals surface area contributed by atoms with E-state index in [1.807, 2.05) is 30.5 Å². The number of benzene rings is 2. The molecule has 0 aliphatic carbocycles. The van der Waals surface area contributed by atoms with Crippen molar-refractivity contribution in [3.05, 3.63) is 78.2 Å². The number of aromatic nitrogens is 4. The summed E-state index contributed by atoms with van der Waals surface area (Å²) in [5.41, 5.74) is 3.40. The van der Waals surface area contributed by atoms with Crippen molar-refractivity contribution in [2.24, 2.45) is 0 Å². The monoisotopic (exact) mass is 499 g/mol. The summed E-state index contributed by atoms with van der Waals surface area (Å²) in [6, 6.07) is 14.3. The third kappa shape index (κ3) is 5.27. The summed E-state index contributed by atoms with van der Waals surface area (Å²) in [5, 5.41) is 30.8. The number of aryl methyl sites for hydroxylation is 1. The highest BCUT2D eigenvalue weighted by Gasteiger charge is 2.18. The molecule has 0 saturated heterocycles. The lowest BCUT2D eigenvalue weighted by atomic mass is 10.0. The summed E-state index contributed by atoms with van der Waals surface area (Å²) < 4.78 is 1.80. The molecule has 182 valence electrons. The molecule has 0 aliphatic heterocycles. The van der Waals surface area contributed by atoms with Gasteiger partial charge in [0.05, 0.1) is 11.1 Å². The van der Waals surface area contributed by atoms with E-state index in [0.29, 0.717) is 24.3 Å². The van der Waals surface area contributed by atoms with Crippen LogP contribution < -0.4 is 5.32 Å². The highest BCUT2D eigenvalue weighted by atomic mass is 32.1. The second-order valence-electron chi connectivity index (χ2n) is 9.19. The Morgan fingerprint density at radius 3 is 2.56 bits per heavy atom. The summed E-state index contributed by atoms with van der Waals surface area (Å²) in [6.45, 7) is 4.10. The molecule has 0 fully saturated rings. The molecule has 3 aromatic heterocycles. The van der Waals surface area contributed by atoms with Gasteiger partial charge in [0.25, 0.3) is 5.91 Å². The number of rotatable bonds is 7. The fourth-order valence-electron chi connectivity index (χ4n) is 3.80. The van der Waals surface area contributed by atoms with Crippen molar-refractivity contribution in [3.8, 4) is 27.4 Å². The lowest BCUT2D eigenvalue weighted by Gasteiger charge is -2.16. The Kier molecular flexibility index (Phi) is 6.26. The van der Waals surface area contributed by atoms with Crippen molar-refractivity contribution in [1.82, 2.24) is 19.7 Å². The Hall–Kier alpha value is -4.08. The molecule has 0 radical (unpaired) electrons. The van der Waals surface area contributed by atoms with Crippen LogP contribution in [0, 0.1) is 0 Å². The first-order valence-corrected chi connectivity index (χ1v) is 12.3. The third-order valence-electron chi connectivity index (χ3n) is 5.73. The number of nitrogens with zero attached hydrogens (tertiary/aromatic N) is 4. The van der Waals surface area contributed by atoms with Gasteiger partial charge in [0.1, 0.15) is 16.5 Å². The molecule has 0 atom stereocenters. The van der Waals surface area contributed by atoms with Gasteiger partial charge in [-0.2, -0.15) is 5.10 Å². The number of phenolic OH excluding ortho intramolecular Hbond substituents is 1. The van der Waals surface area contributed by atoms with Crippen LogP contribution in [0.3, 0.4) is 0 Å². The molecule has 9 heteroatoms. The number of hydrogen-bond acceptors (Lipinski definition) is 7. The number of hydrogen-bond donors (Lipinski definition) is 3. The van der Waals surface area contributed by atoms with Crippen LogP contribution in [-0.4, -0.2) is 41.5 Å². The second kappa shape index (κ2) is 9.52. The van der Waals surface area contributed by atoms with E-state index >= 15 is 0 Å². The molecular weight excluding hydrogens is 474 g/mol. The topological polar surface area (TPSA) is 113 Å². The van der Waals surface area contributed by atoms with Gasteiger partial charge >= 0.3 is 0 Å². The van der Waals surface area contributed by atoms with E-state index in [-0.39, 0.29) is 11.7 Å². The average Bonchev–Trinajstić information content (AvgIpc) is 3.50. The van der Waals surface area contributed by atoms with Crippen LogP contribution >= 0.6 is 11.3 Å².